The van der Waals surface area contributed by atoms with Crippen molar-refractivity contribution in [3.8, 4) is 23.0 Å². The average molecular weight is 595 g/mol. The number of halogens is 1. The maximum Gasteiger partial charge on any atom is 0.186 e. The van der Waals surface area contributed by atoms with Crippen molar-refractivity contribution in [3.05, 3.63) is 132 Å². The van der Waals surface area contributed by atoms with Gasteiger partial charge in [0.25, 0.3) is 0 Å². The van der Waals surface area contributed by atoms with Crippen LogP contribution in [0.5, 0.6) is 23.0 Å². The summed E-state index contributed by atoms with van der Waals surface area (Å²) in [7, 11) is 0. The summed E-state index contributed by atoms with van der Waals surface area (Å²) < 4.78 is 36.3. The van der Waals surface area contributed by atoms with Crippen LogP contribution in [0.25, 0.3) is 11.6 Å². The predicted molar refractivity (Wildman–Crippen MR) is 174 cm³/mol. The first-order valence-electron chi connectivity index (χ1n) is 14.9. The lowest BCUT2D eigenvalue weighted by Crippen LogP contribution is -2.09. The highest BCUT2D eigenvalue weighted by Crippen LogP contribution is 2.21. The fourth-order valence-electron chi connectivity index (χ4n) is 4.38. The molecule has 0 N–H and O–H groups in total. The number of ketones is 1. The summed E-state index contributed by atoms with van der Waals surface area (Å²) >= 11 is 0. The molecule has 228 valence electrons. The second-order valence-corrected chi connectivity index (χ2v) is 10.3. The molecule has 0 atom stereocenters. The maximum absolute atomic E-state index is 13.1. The van der Waals surface area contributed by atoms with E-state index in [9.17, 15) is 9.18 Å². The van der Waals surface area contributed by atoms with Crippen LogP contribution in [-0.2, 0) is 0 Å². The van der Waals surface area contributed by atoms with Crippen LogP contribution in [0.1, 0.15) is 54.1 Å². The standard InChI is InChI=1S/C38H39FO5/c1-3-30-8-16-34(17-9-30)41-24-6-4-5-7-25-42-36-20-22-37(23-21-36)44-27-26-43-35-18-12-31(13-19-35)29(2)28-38(40)32-10-14-33(39)15-11-32/h3,8-23,28H,1,4-7,24-27H2,2H3/b29-28+. The average Bonchev–Trinajstić information content (AvgIpc) is 3.05. The molecule has 0 aliphatic rings. The summed E-state index contributed by atoms with van der Waals surface area (Å²) in [5.74, 6) is 2.65. The van der Waals surface area contributed by atoms with Crippen LogP contribution in [0.2, 0.25) is 0 Å². The Hall–Kier alpha value is -4.84. The van der Waals surface area contributed by atoms with Gasteiger partial charge in [-0.15, -0.1) is 0 Å². The molecule has 4 rings (SSSR count). The maximum atomic E-state index is 13.1. The number of carbonyl (C=O) groups is 1. The molecular weight excluding hydrogens is 555 g/mol. The highest BCUT2D eigenvalue weighted by atomic mass is 19.1. The van der Waals surface area contributed by atoms with E-state index in [2.05, 4.69) is 6.58 Å². The van der Waals surface area contributed by atoms with E-state index in [1.165, 1.54) is 24.3 Å². The molecule has 0 fully saturated rings. The smallest absolute Gasteiger partial charge is 0.186 e. The zero-order chi connectivity index (χ0) is 31.0. The monoisotopic (exact) mass is 594 g/mol. The van der Waals surface area contributed by atoms with E-state index in [1.54, 1.807) is 6.08 Å². The zero-order valence-corrected chi connectivity index (χ0v) is 25.2. The fourth-order valence-corrected chi connectivity index (χ4v) is 4.38. The van der Waals surface area contributed by atoms with Crippen molar-refractivity contribution in [1.29, 1.82) is 0 Å². The van der Waals surface area contributed by atoms with Gasteiger partial charge in [0.2, 0.25) is 0 Å². The first-order chi connectivity index (χ1) is 21.5. The van der Waals surface area contributed by atoms with Gasteiger partial charge in [-0.3, -0.25) is 4.79 Å². The van der Waals surface area contributed by atoms with E-state index >= 15 is 0 Å². The van der Waals surface area contributed by atoms with Crippen LogP contribution >= 0.6 is 0 Å². The highest BCUT2D eigenvalue weighted by Gasteiger charge is 2.06. The number of allylic oxidation sites excluding steroid dienone is 2. The molecular formula is C38H39FO5. The van der Waals surface area contributed by atoms with E-state index in [0.29, 0.717) is 37.7 Å². The van der Waals surface area contributed by atoms with Crippen LogP contribution in [0, 0.1) is 5.82 Å². The first kappa shape index (κ1) is 32.1. The Morgan fingerprint density at radius 2 is 1.00 bits per heavy atom. The van der Waals surface area contributed by atoms with E-state index in [4.69, 9.17) is 18.9 Å². The number of rotatable bonds is 18. The summed E-state index contributed by atoms with van der Waals surface area (Å²) in [5, 5.41) is 0. The van der Waals surface area contributed by atoms with Crippen molar-refractivity contribution in [1.82, 2.24) is 0 Å². The Balaban J connectivity index is 1.06. The lowest BCUT2D eigenvalue weighted by molar-refractivity contribution is 0.104. The Morgan fingerprint density at radius 1 is 0.591 bits per heavy atom. The minimum atomic E-state index is -0.367. The third kappa shape index (κ3) is 10.8. The van der Waals surface area contributed by atoms with Gasteiger partial charge in [0.15, 0.2) is 5.78 Å². The molecule has 0 bridgehead atoms. The number of unbranched alkanes of at least 4 members (excludes halogenated alkanes) is 3. The minimum Gasteiger partial charge on any atom is -0.494 e. The summed E-state index contributed by atoms with van der Waals surface area (Å²) in [6.07, 6.45) is 7.58. The molecule has 44 heavy (non-hydrogen) atoms. The van der Waals surface area contributed by atoms with E-state index in [1.807, 2.05) is 85.8 Å². The van der Waals surface area contributed by atoms with Gasteiger partial charge in [-0.2, -0.15) is 0 Å². The van der Waals surface area contributed by atoms with Crippen molar-refractivity contribution >= 4 is 17.4 Å². The summed E-state index contributed by atoms with van der Waals surface area (Å²) in [6.45, 7) is 7.81. The molecule has 0 saturated heterocycles. The third-order valence-electron chi connectivity index (χ3n) is 6.92. The first-order valence-corrected chi connectivity index (χ1v) is 14.9. The van der Waals surface area contributed by atoms with Crippen molar-refractivity contribution < 1.29 is 28.1 Å². The highest BCUT2D eigenvalue weighted by molar-refractivity contribution is 6.08. The van der Waals surface area contributed by atoms with Gasteiger partial charge in [-0.25, -0.2) is 4.39 Å². The molecule has 5 nitrogen and oxygen atoms in total. The fraction of sp³-hybridized carbons (Fsp3) is 0.237. The number of benzene rings is 4. The minimum absolute atomic E-state index is 0.167. The predicted octanol–water partition coefficient (Wildman–Crippen LogP) is 9.23. The molecule has 0 unspecified atom stereocenters. The molecule has 0 aliphatic heterocycles. The van der Waals surface area contributed by atoms with Gasteiger partial charge in [-0.1, -0.05) is 36.9 Å². The molecule has 6 heteroatoms. The normalized spacial score (nSPS) is 11.1. The largest absolute Gasteiger partial charge is 0.494 e. The molecule has 0 aliphatic carbocycles. The molecule has 4 aromatic carbocycles. The molecule has 0 heterocycles. The number of carbonyl (C=O) groups excluding carboxylic acids is 1. The van der Waals surface area contributed by atoms with Crippen LogP contribution in [0.3, 0.4) is 0 Å². The summed E-state index contributed by atoms with van der Waals surface area (Å²) in [5.41, 5.74) is 3.26. The second-order valence-electron chi connectivity index (χ2n) is 10.3. The van der Waals surface area contributed by atoms with Crippen molar-refractivity contribution in [2.75, 3.05) is 26.4 Å². The van der Waals surface area contributed by atoms with Crippen molar-refractivity contribution in [2.24, 2.45) is 0 Å². The Morgan fingerprint density at radius 3 is 1.48 bits per heavy atom. The summed E-state index contributed by atoms with van der Waals surface area (Å²) in [4.78, 5) is 12.4. The SMILES string of the molecule is C=Cc1ccc(OCCCCCCOc2ccc(OCCOc3ccc(/C(C)=C/C(=O)c4ccc(F)cc4)cc3)cc2)cc1. The molecule has 4 aromatic rings. The Labute approximate surface area is 259 Å². The van der Waals surface area contributed by atoms with Crippen LogP contribution in [-0.4, -0.2) is 32.2 Å². The van der Waals surface area contributed by atoms with Crippen LogP contribution in [0.4, 0.5) is 4.39 Å². The number of ether oxygens (including phenoxy) is 4. The van der Waals surface area contributed by atoms with Crippen LogP contribution < -0.4 is 18.9 Å². The zero-order valence-electron chi connectivity index (χ0n) is 25.2. The van der Waals surface area contributed by atoms with Crippen molar-refractivity contribution in [2.45, 2.75) is 32.6 Å². The number of hydrogen-bond donors (Lipinski definition) is 0. The quantitative estimate of drug-likeness (QED) is 0.0653. The third-order valence-corrected chi connectivity index (χ3v) is 6.92. The molecule has 0 spiro atoms. The van der Waals surface area contributed by atoms with Crippen LogP contribution in [0.15, 0.2) is 110 Å². The van der Waals surface area contributed by atoms with E-state index < -0.39 is 0 Å². The van der Waals surface area contributed by atoms with Gasteiger partial charge < -0.3 is 18.9 Å². The second kappa shape index (κ2) is 17.3. The van der Waals surface area contributed by atoms with E-state index in [-0.39, 0.29) is 11.6 Å². The summed E-state index contributed by atoms with van der Waals surface area (Å²) in [6, 6.07) is 28.6. The van der Waals surface area contributed by atoms with Gasteiger partial charge in [-0.05, 0) is 128 Å². The van der Waals surface area contributed by atoms with Gasteiger partial charge in [0.1, 0.15) is 42.0 Å². The Bertz CT molecular complexity index is 1470. The molecule has 0 saturated carbocycles. The molecule has 0 aromatic heterocycles. The lowest BCUT2D eigenvalue weighted by Gasteiger charge is -2.10. The van der Waals surface area contributed by atoms with Gasteiger partial charge >= 0.3 is 0 Å². The van der Waals surface area contributed by atoms with Gasteiger partial charge in [0.05, 0.1) is 13.2 Å². The molecule has 0 amide bonds. The number of hydrogen-bond acceptors (Lipinski definition) is 5. The van der Waals surface area contributed by atoms with Crippen molar-refractivity contribution in [3.63, 3.8) is 0 Å². The topological polar surface area (TPSA) is 54.0 Å². The van der Waals surface area contributed by atoms with Gasteiger partial charge in [0, 0.05) is 5.56 Å². The molecule has 0 radical (unpaired) electrons. The van der Waals surface area contributed by atoms with E-state index in [0.717, 1.165) is 59.6 Å². The lowest BCUT2D eigenvalue weighted by atomic mass is 10.0. The Kier molecular flexibility index (Phi) is 12.6.